The van der Waals surface area contributed by atoms with Crippen LogP contribution in [0.1, 0.15) is 17.6 Å². The fourth-order valence-electron chi connectivity index (χ4n) is 1.09. The molecule has 0 aromatic heterocycles. The number of hydrogen-bond donors (Lipinski definition) is 1. The van der Waals surface area contributed by atoms with E-state index in [9.17, 15) is 8.78 Å². The Bertz CT molecular complexity index is 364. The fraction of sp³-hybridized carbons (Fsp3) is 0.222. The van der Waals surface area contributed by atoms with Gasteiger partial charge in [-0.15, -0.1) is 0 Å². The lowest BCUT2D eigenvalue weighted by atomic mass is 10.1. The summed E-state index contributed by atoms with van der Waals surface area (Å²) in [5.41, 5.74) is 5.95. The lowest BCUT2D eigenvalue weighted by molar-refractivity contribution is 0.152. The Balaban J connectivity index is 3.32. The number of hydrogen-bond acceptors (Lipinski definition) is 2. The summed E-state index contributed by atoms with van der Waals surface area (Å²) in [6, 6.07) is 2.96. The quantitative estimate of drug-likeness (QED) is 0.646. The number of halogens is 3. The lowest BCUT2D eigenvalue weighted by Gasteiger charge is -2.08. The highest BCUT2D eigenvalue weighted by atomic mass is 79.9. The molecule has 0 aliphatic heterocycles. The summed E-state index contributed by atoms with van der Waals surface area (Å²) in [5, 5.41) is 0. The van der Waals surface area contributed by atoms with Gasteiger partial charge in [0.1, 0.15) is 0 Å². The molecule has 0 fully saturated rings. The van der Waals surface area contributed by atoms with E-state index in [1.54, 1.807) is 13.1 Å². The first-order valence-corrected chi connectivity index (χ1v) is 4.64. The van der Waals surface area contributed by atoms with Gasteiger partial charge >= 0.3 is 0 Å². The Kier molecular flexibility index (Phi) is 3.57. The van der Waals surface area contributed by atoms with Gasteiger partial charge in [-0.3, -0.25) is 4.99 Å². The average molecular weight is 263 g/mol. The van der Waals surface area contributed by atoms with Crippen molar-refractivity contribution in [2.75, 3.05) is 12.8 Å². The summed E-state index contributed by atoms with van der Waals surface area (Å²) in [6.07, 6.45) is -1.12. The maximum absolute atomic E-state index is 12.5. The number of alkyl halides is 2. The minimum absolute atomic E-state index is 0.0776. The van der Waals surface area contributed by atoms with Crippen molar-refractivity contribution in [2.45, 2.75) is 6.43 Å². The molecule has 0 radical (unpaired) electrons. The molecule has 1 rings (SSSR count). The maximum Gasteiger partial charge on any atom is 0.265 e. The van der Waals surface area contributed by atoms with Crippen molar-refractivity contribution in [2.24, 2.45) is 4.99 Å². The molecule has 2 N–H and O–H groups in total. The van der Waals surface area contributed by atoms with Crippen molar-refractivity contribution in [1.82, 2.24) is 0 Å². The number of nitrogens with zero attached hydrogens (tertiary/aromatic N) is 1. The van der Waals surface area contributed by atoms with Gasteiger partial charge in [0.15, 0.2) is 0 Å². The highest BCUT2D eigenvalue weighted by Crippen LogP contribution is 2.30. The predicted octanol–water partition coefficient (Wildman–Crippen LogP) is 3.02. The van der Waals surface area contributed by atoms with E-state index in [1.165, 1.54) is 12.3 Å². The van der Waals surface area contributed by atoms with Crippen LogP contribution in [0.3, 0.4) is 0 Å². The van der Waals surface area contributed by atoms with Crippen LogP contribution < -0.4 is 5.73 Å². The molecule has 0 spiro atoms. The number of nitrogens with two attached hydrogens (primary N) is 1. The van der Waals surface area contributed by atoms with Gasteiger partial charge in [0.05, 0.1) is 0 Å². The molecule has 14 heavy (non-hydrogen) atoms. The molecular formula is C9H9BrF2N2. The average Bonchev–Trinajstić information content (AvgIpc) is 2.10. The summed E-state index contributed by atoms with van der Waals surface area (Å²) < 4.78 is 25.5. The molecular weight excluding hydrogens is 254 g/mol. The van der Waals surface area contributed by atoms with Crippen molar-refractivity contribution in [3.8, 4) is 0 Å². The van der Waals surface area contributed by atoms with Crippen molar-refractivity contribution >= 4 is 27.8 Å². The summed E-state index contributed by atoms with van der Waals surface area (Å²) in [4.78, 5) is 3.74. The third kappa shape index (κ3) is 2.29. The second-order valence-corrected chi connectivity index (χ2v) is 3.60. The van der Waals surface area contributed by atoms with Crippen LogP contribution in [-0.2, 0) is 0 Å². The van der Waals surface area contributed by atoms with Crippen molar-refractivity contribution in [3.05, 3.63) is 27.7 Å². The third-order valence-electron chi connectivity index (χ3n) is 1.71. The van der Waals surface area contributed by atoms with Gasteiger partial charge in [-0.05, 0) is 12.1 Å². The number of benzene rings is 1. The van der Waals surface area contributed by atoms with E-state index in [0.29, 0.717) is 10.0 Å². The summed E-state index contributed by atoms with van der Waals surface area (Å²) in [5.74, 6) is 0. The fourth-order valence-corrected chi connectivity index (χ4v) is 1.58. The first-order chi connectivity index (χ1) is 6.56. The van der Waals surface area contributed by atoms with Crippen molar-refractivity contribution in [3.63, 3.8) is 0 Å². The van der Waals surface area contributed by atoms with Gasteiger partial charge in [-0.2, -0.15) is 0 Å². The topological polar surface area (TPSA) is 38.4 Å². The van der Waals surface area contributed by atoms with E-state index < -0.39 is 6.43 Å². The molecule has 0 amide bonds. The van der Waals surface area contributed by atoms with Crippen LogP contribution >= 0.6 is 15.9 Å². The lowest BCUT2D eigenvalue weighted by Crippen LogP contribution is -2.00. The molecule has 0 unspecified atom stereocenters. The van der Waals surface area contributed by atoms with Crippen LogP contribution in [-0.4, -0.2) is 13.3 Å². The molecule has 0 aliphatic rings. The molecule has 0 aliphatic carbocycles. The Hall–Kier alpha value is -0.970. The zero-order chi connectivity index (χ0) is 10.7. The second kappa shape index (κ2) is 4.50. The molecule has 0 heterocycles. The Labute approximate surface area is 89.0 Å². The SMILES string of the molecule is CN=Cc1cc(Br)cc(C(F)F)c1N. The number of aliphatic imine (C=N–C) groups is 1. The first kappa shape index (κ1) is 11.1. The van der Waals surface area contributed by atoms with E-state index in [2.05, 4.69) is 20.9 Å². The van der Waals surface area contributed by atoms with Crippen molar-refractivity contribution < 1.29 is 8.78 Å². The molecule has 0 saturated carbocycles. The number of nitrogen functional groups attached to an aromatic ring is 1. The summed E-state index contributed by atoms with van der Waals surface area (Å²) in [7, 11) is 1.56. The standard InChI is InChI=1S/C9H9BrF2N2/c1-14-4-5-2-6(10)3-7(8(5)13)9(11)12/h2-4,9H,13H2,1H3. The van der Waals surface area contributed by atoms with Crippen LogP contribution in [0, 0.1) is 0 Å². The monoisotopic (exact) mass is 262 g/mol. The smallest absolute Gasteiger partial charge is 0.265 e. The minimum Gasteiger partial charge on any atom is -0.398 e. The van der Waals surface area contributed by atoms with Gasteiger partial charge in [-0.1, -0.05) is 15.9 Å². The Morgan fingerprint density at radius 3 is 2.64 bits per heavy atom. The summed E-state index contributed by atoms with van der Waals surface area (Å²) >= 11 is 3.13. The van der Waals surface area contributed by atoms with Crippen LogP contribution in [0.2, 0.25) is 0 Å². The second-order valence-electron chi connectivity index (χ2n) is 2.69. The van der Waals surface area contributed by atoms with Crippen LogP contribution in [0.25, 0.3) is 0 Å². The predicted molar refractivity (Wildman–Crippen MR) is 57.0 cm³/mol. The van der Waals surface area contributed by atoms with Crippen LogP contribution in [0.15, 0.2) is 21.6 Å². The van der Waals surface area contributed by atoms with Crippen molar-refractivity contribution in [1.29, 1.82) is 0 Å². The highest BCUT2D eigenvalue weighted by molar-refractivity contribution is 9.10. The van der Waals surface area contributed by atoms with Crippen LogP contribution in [0.5, 0.6) is 0 Å². The number of rotatable bonds is 2. The molecule has 2 nitrogen and oxygen atoms in total. The molecule has 76 valence electrons. The molecule has 5 heteroatoms. The normalized spacial score (nSPS) is 11.5. The highest BCUT2D eigenvalue weighted by Gasteiger charge is 2.14. The van der Waals surface area contributed by atoms with E-state index >= 15 is 0 Å². The zero-order valence-electron chi connectivity index (χ0n) is 7.47. The largest absolute Gasteiger partial charge is 0.398 e. The first-order valence-electron chi connectivity index (χ1n) is 3.85. The van der Waals surface area contributed by atoms with Crippen LogP contribution in [0.4, 0.5) is 14.5 Å². The van der Waals surface area contributed by atoms with Gasteiger partial charge in [-0.25, -0.2) is 8.78 Å². The molecule has 0 bridgehead atoms. The minimum atomic E-state index is -2.57. The van der Waals surface area contributed by atoms with E-state index in [-0.39, 0.29) is 11.3 Å². The molecule has 1 aromatic rings. The van der Waals surface area contributed by atoms with Gasteiger partial charge in [0, 0.05) is 34.5 Å². The van der Waals surface area contributed by atoms with E-state index in [4.69, 9.17) is 5.73 Å². The number of anilines is 1. The molecule has 1 aromatic carbocycles. The van der Waals surface area contributed by atoms with Gasteiger partial charge in [0.2, 0.25) is 0 Å². The maximum atomic E-state index is 12.5. The Morgan fingerprint density at radius 2 is 2.14 bits per heavy atom. The molecule has 0 atom stereocenters. The Morgan fingerprint density at radius 1 is 1.50 bits per heavy atom. The third-order valence-corrected chi connectivity index (χ3v) is 2.17. The van der Waals surface area contributed by atoms with E-state index in [1.807, 2.05) is 0 Å². The zero-order valence-corrected chi connectivity index (χ0v) is 9.05. The van der Waals surface area contributed by atoms with E-state index in [0.717, 1.165) is 0 Å². The van der Waals surface area contributed by atoms with Gasteiger partial charge in [0.25, 0.3) is 6.43 Å². The summed E-state index contributed by atoms with van der Waals surface area (Å²) in [6.45, 7) is 0. The van der Waals surface area contributed by atoms with Gasteiger partial charge < -0.3 is 5.73 Å². The molecule has 0 saturated heterocycles.